The molecule has 1 unspecified atom stereocenters. The zero-order chi connectivity index (χ0) is 13.8. The number of hydrogen-bond acceptors (Lipinski definition) is 4. The van der Waals surface area contributed by atoms with Crippen molar-refractivity contribution < 1.29 is 14.3 Å². The van der Waals surface area contributed by atoms with Crippen LogP contribution in [0.3, 0.4) is 0 Å². The van der Waals surface area contributed by atoms with Crippen molar-refractivity contribution >= 4 is 39.6 Å². The van der Waals surface area contributed by atoms with Gasteiger partial charge in [-0.05, 0) is 20.8 Å². The number of alkyl halides is 1. The van der Waals surface area contributed by atoms with Crippen LogP contribution in [0, 0.1) is 0 Å². The molecule has 0 N–H and O–H groups in total. The fraction of sp³-hybridized carbons (Fsp3) is 0.833. The van der Waals surface area contributed by atoms with Crippen LogP contribution in [0.4, 0.5) is 4.79 Å². The Hall–Kier alpha value is -0.230. The number of carbonyl (C=O) groups excluding carboxylic acids is 2. The Morgan fingerprint density at radius 2 is 2.11 bits per heavy atom. The molecule has 1 rings (SSSR count). The number of halogens is 1. The first-order chi connectivity index (χ1) is 8.33. The molecule has 1 amide bonds. The molecule has 0 bridgehead atoms. The molecule has 6 heteroatoms. The number of carbonyl (C=O) groups is 2. The van der Waals surface area contributed by atoms with Crippen LogP contribution in [0.2, 0.25) is 0 Å². The van der Waals surface area contributed by atoms with Crippen molar-refractivity contribution in [1.82, 2.24) is 4.90 Å². The highest BCUT2D eigenvalue weighted by molar-refractivity contribution is 9.09. The van der Waals surface area contributed by atoms with E-state index in [9.17, 15) is 9.59 Å². The highest BCUT2D eigenvalue weighted by Gasteiger charge is 2.31. The highest BCUT2D eigenvalue weighted by atomic mass is 79.9. The van der Waals surface area contributed by atoms with Gasteiger partial charge in [0, 0.05) is 24.5 Å². The largest absolute Gasteiger partial charge is 0.444 e. The van der Waals surface area contributed by atoms with E-state index in [2.05, 4.69) is 15.9 Å². The fourth-order valence-electron chi connectivity index (χ4n) is 1.70. The van der Waals surface area contributed by atoms with Crippen LogP contribution in [-0.4, -0.2) is 51.8 Å². The van der Waals surface area contributed by atoms with E-state index in [0.29, 0.717) is 18.3 Å². The van der Waals surface area contributed by atoms with Crippen LogP contribution in [0.25, 0.3) is 0 Å². The average Bonchev–Trinajstić information content (AvgIpc) is 2.27. The third-order valence-electron chi connectivity index (χ3n) is 2.47. The predicted octanol–water partition coefficient (Wildman–Crippen LogP) is 2.69. The van der Waals surface area contributed by atoms with E-state index in [1.807, 2.05) is 20.8 Å². The highest BCUT2D eigenvalue weighted by Crippen LogP contribution is 2.22. The van der Waals surface area contributed by atoms with Gasteiger partial charge in [-0.2, -0.15) is 11.8 Å². The molecular weight excluding hydrogens is 318 g/mol. The molecule has 1 heterocycles. The normalized spacial score (nSPS) is 20.7. The van der Waals surface area contributed by atoms with Crippen LogP contribution in [0.1, 0.15) is 27.2 Å². The zero-order valence-electron chi connectivity index (χ0n) is 11.1. The molecule has 0 radical (unpaired) electrons. The maximum absolute atomic E-state index is 12.1. The summed E-state index contributed by atoms with van der Waals surface area (Å²) in [6, 6.07) is -0.0383. The smallest absolute Gasteiger partial charge is 0.410 e. The van der Waals surface area contributed by atoms with Crippen molar-refractivity contribution in [2.45, 2.75) is 38.8 Å². The van der Waals surface area contributed by atoms with E-state index in [-0.39, 0.29) is 17.9 Å². The first kappa shape index (κ1) is 15.8. The van der Waals surface area contributed by atoms with Crippen molar-refractivity contribution in [1.29, 1.82) is 0 Å². The Balaban J connectivity index is 2.64. The molecule has 0 aromatic heterocycles. The lowest BCUT2D eigenvalue weighted by Crippen LogP contribution is -2.49. The summed E-state index contributed by atoms with van der Waals surface area (Å²) in [5, 5.41) is 0.344. The van der Waals surface area contributed by atoms with Gasteiger partial charge in [-0.3, -0.25) is 4.79 Å². The van der Waals surface area contributed by atoms with Gasteiger partial charge >= 0.3 is 6.09 Å². The number of ketones is 1. The lowest BCUT2D eigenvalue weighted by Gasteiger charge is -2.36. The first-order valence-corrected chi connectivity index (χ1v) is 8.26. The minimum Gasteiger partial charge on any atom is -0.444 e. The minimum atomic E-state index is -0.494. The van der Waals surface area contributed by atoms with Gasteiger partial charge in [0.05, 0.1) is 11.4 Å². The summed E-state index contributed by atoms with van der Waals surface area (Å²) in [6.07, 6.45) is 0.0903. The fourth-order valence-corrected chi connectivity index (χ4v) is 2.99. The summed E-state index contributed by atoms with van der Waals surface area (Å²) >= 11 is 4.93. The van der Waals surface area contributed by atoms with Gasteiger partial charge in [-0.1, -0.05) is 15.9 Å². The summed E-state index contributed by atoms with van der Waals surface area (Å²) in [5.74, 6) is 1.83. The third kappa shape index (κ3) is 5.18. The summed E-state index contributed by atoms with van der Waals surface area (Å²) in [7, 11) is 0. The molecule has 0 spiro atoms. The van der Waals surface area contributed by atoms with Gasteiger partial charge in [0.2, 0.25) is 0 Å². The van der Waals surface area contributed by atoms with E-state index in [4.69, 9.17) is 4.74 Å². The van der Waals surface area contributed by atoms with E-state index < -0.39 is 5.60 Å². The van der Waals surface area contributed by atoms with E-state index in [1.54, 1.807) is 16.7 Å². The lowest BCUT2D eigenvalue weighted by atomic mass is 10.1. The number of ether oxygens (including phenoxy) is 1. The van der Waals surface area contributed by atoms with Crippen LogP contribution < -0.4 is 0 Å². The summed E-state index contributed by atoms with van der Waals surface area (Å²) in [5.41, 5.74) is -0.494. The molecule has 1 saturated heterocycles. The molecule has 18 heavy (non-hydrogen) atoms. The van der Waals surface area contributed by atoms with Crippen LogP contribution in [0.15, 0.2) is 0 Å². The molecule has 0 aliphatic carbocycles. The lowest BCUT2D eigenvalue weighted by molar-refractivity contribution is -0.117. The van der Waals surface area contributed by atoms with Crippen molar-refractivity contribution in [3.8, 4) is 0 Å². The maximum atomic E-state index is 12.1. The van der Waals surface area contributed by atoms with E-state index in [0.717, 1.165) is 11.5 Å². The van der Waals surface area contributed by atoms with Crippen molar-refractivity contribution in [3.05, 3.63) is 0 Å². The number of thioether (sulfide) groups is 1. The molecule has 1 atom stereocenters. The number of nitrogens with zero attached hydrogens (tertiary/aromatic N) is 1. The Kier molecular flexibility index (Phi) is 5.98. The van der Waals surface area contributed by atoms with Crippen molar-refractivity contribution in [2.75, 3.05) is 23.4 Å². The number of amides is 1. The van der Waals surface area contributed by atoms with Crippen LogP contribution >= 0.6 is 27.7 Å². The Morgan fingerprint density at radius 3 is 2.67 bits per heavy atom. The maximum Gasteiger partial charge on any atom is 0.410 e. The van der Waals surface area contributed by atoms with Crippen LogP contribution in [-0.2, 0) is 9.53 Å². The standard InChI is InChI=1S/C12H20BrNO3S/c1-12(2,3)17-11(16)14-4-5-18-8-9(14)6-10(15)7-13/h9H,4-8H2,1-3H3. The van der Waals surface area contributed by atoms with Crippen LogP contribution in [0.5, 0.6) is 0 Å². The van der Waals surface area contributed by atoms with Gasteiger partial charge in [-0.25, -0.2) is 4.79 Å². The second kappa shape index (κ2) is 6.80. The average molecular weight is 338 g/mol. The van der Waals surface area contributed by atoms with E-state index >= 15 is 0 Å². The van der Waals surface area contributed by atoms with Gasteiger partial charge in [0.15, 0.2) is 0 Å². The molecule has 1 aliphatic rings. The number of Topliss-reactive ketones (excluding diaryl/α,β-unsaturated/α-hetero) is 1. The zero-order valence-corrected chi connectivity index (χ0v) is 13.5. The SMILES string of the molecule is CC(C)(C)OC(=O)N1CCSCC1CC(=O)CBr. The quantitative estimate of drug-likeness (QED) is 0.743. The topological polar surface area (TPSA) is 46.6 Å². The van der Waals surface area contributed by atoms with Crippen molar-refractivity contribution in [3.63, 3.8) is 0 Å². The summed E-state index contributed by atoms with van der Waals surface area (Å²) in [6.45, 7) is 6.20. The van der Waals surface area contributed by atoms with Gasteiger partial charge < -0.3 is 9.64 Å². The predicted molar refractivity (Wildman–Crippen MR) is 77.5 cm³/mol. The van der Waals surface area contributed by atoms with E-state index in [1.165, 1.54) is 0 Å². The summed E-state index contributed by atoms with van der Waals surface area (Å²) in [4.78, 5) is 25.3. The Labute approximate surface area is 121 Å². The van der Waals surface area contributed by atoms with Crippen molar-refractivity contribution in [2.24, 2.45) is 0 Å². The Bertz CT molecular complexity index is 317. The molecule has 104 valence electrons. The monoisotopic (exact) mass is 337 g/mol. The molecule has 4 nitrogen and oxygen atoms in total. The number of hydrogen-bond donors (Lipinski definition) is 0. The molecule has 1 aliphatic heterocycles. The third-order valence-corrected chi connectivity index (χ3v) is 4.19. The minimum absolute atomic E-state index is 0.0383. The number of rotatable bonds is 3. The molecule has 0 aromatic carbocycles. The molecule has 0 saturated carbocycles. The van der Waals surface area contributed by atoms with Gasteiger partial charge in [0.25, 0.3) is 0 Å². The second-order valence-corrected chi connectivity index (χ2v) is 6.99. The second-order valence-electron chi connectivity index (χ2n) is 5.28. The van der Waals surface area contributed by atoms with Gasteiger partial charge in [-0.15, -0.1) is 0 Å². The molecule has 0 aromatic rings. The van der Waals surface area contributed by atoms with Gasteiger partial charge in [0.1, 0.15) is 11.4 Å². The Morgan fingerprint density at radius 1 is 1.44 bits per heavy atom. The summed E-state index contributed by atoms with van der Waals surface area (Å²) < 4.78 is 5.38. The molecular formula is C12H20BrNO3S. The first-order valence-electron chi connectivity index (χ1n) is 5.98. The molecule has 1 fully saturated rings.